The van der Waals surface area contributed by atoms with Gasteiger partial charge in [0.05, 0.1) is 0 Å². The molecule has 1 aliphatic rings. The van der Waals surface area contributed by atoms with Crippen molar-refractivity contribution < 1.29 is 13.9 Å². The predicted molar refractivity (Wildman–Crippen MR) is 89.1 cm³/mol. The van der Waals surface area contributed by atoms with Gasteiger partial charge < -0.3 is 9.64 Å². The molecule has 0 spiro atoms. The van der Waals surface area contributed by atoms with E-state index in [0.717, 1.165) is 31.5 Å². The molecule has 0 unspecified atom stereocenters. The van der Waals surface area contributed by atoms with Crippen molar-refractivity contribution in [1.29, 1.82) is 0 Å². The predicted octanol–water partition coefficient (Wildman–Crippen LogP) is 3.08. The SMILES string of the molecule is O=C(COc1ccccc1F)N1CCC[C@H](Cc2ccccn2)C1. The molecule has 1 saturated heterocycles. The topological polar surface area (TPSA) is 42.4 Å². The standard InChI is InChI=1S/C19H21FN2O2/c20-17-8-1-2-9-18(17)24-14-19(23)22-11-5-6-15(13-22)12-16-7-3-4-10-21-16/h1-4,7-10,15H,5-6,11-14H2/t15-/m1/s1. The molecule has 0 saturated carbocycles. The molecule has 3 rings (SSSR count). The number of nitrogens with zero attached hydrogens (tertiary/aromatic N) is 2. The zero-order valence-corrected chi connectivity index (χ0v) is 13.5. The maximum atomic E-state index is 13.5. The Morgan fingerprint density at radius 2 is 2.08 bits per heavy atom. The van der Waals surface area contributed by atoms with E-state index >= 15 is 0 Å². The summed E-state index contributed by atoms with van der Waals surface area (Å²) in [4.78, 5) is 18.5. The van der Waals surface area contributed by atoms with Gasteiger partial charge in [-0.1, -0.05) is 18.2 Å². The molecule has 1 aromatic heterocycles. The number of piperidine rings is 1. The Morgan fingerprint density at radius 1 is 1.25 bits per heavy atom. The van der Waals surface area contributed by atoms with Gasteiger partial charge in [0.1, 0.15) is 0 Å². The maximum Gasteiger partial charge on any atom is 0.260 e. The monoisotopic (exact) mass is 328 g/mol. The molecule has 1 atom stereocenters. The maximum absolute atomic E-state index is 13.5. The second-order valence-electron chi connectivity index (χ2n) is 6.09. The molecule has 0 N–H and O–H groups in total. The Bertz CT molecular complexity index is 678. The minimum absolute atomic E-state index is 0.0935. The van der Waals surface area contributed by atoms with Crippen molar-refractivity contribution in [3.8, 4) is 5.75 Å². The first-order valence-corrected chi connectivity index (χ1v) is 8.27. The van der Waals surface area contributed by atoms with Crippen LogP contribution in [0.5, 0.6) is 5.75 Å². The number of hydrogen-bond donors (Lipinski definition) is 0. The van der Waals surface area contributed by atoms with Crippen molar-refractivity contribution in [2.24, 2.45) is 5.92 Å². The first kappa shape index (κ1) is 16.4. The fraction of sp³-hybridized carbons (Fsp3) is 0.368. The van der Waals surface area contributed by atoms with Crippen LogP contribution in [0.2, 0.25) is 0 Å². The highest BCUT2D eigenvalue weighted by atomic mass is 19.1. The van der Waals surface area contributed by atoms with Crippen molar-refractivity contribution in [3.05, 3.63) is 60.2 Å². The molecule has 0 radical (unpaired) electrons. The molecule has 0 aliphatic carbocycles. The summed E-state index contributed by atoms with van der Waals surface area (Å²) >= 11 is 0. The minimum Gasteiger partial charge on any atom is -0.481 e. The summed E-state index contributed by atoms with van der Waals surface area (Å²) in [5, 5.41) is 0. The van der Waals surface area contributed by atoms with E-state index in [9.17, 15) is 9.18 Å². The highest BCUT2D eigenvalue weighted by Gasteiger charge is 2.24. The van der Waals surface area contributed by atoms with Crippen LogP contribution < -0.4 is 4.74 Å². The Kier molecular flexibility index (Phi) is 5.41. The molecule has 126 valence electrons. The molecule has 1 amide bonds. The summed E-state index contributed by atoms with van der Waals surface area (Å²) in [6, 6.07) is 12.0. The van der Waals surface area contributed by atoms with Crippen molar-refractivity contribution in [2.75, 3.05) is 19.7 Å². The highest BCUT2D eigenvalue weighted by Crippen LogP contribution is 2.21. The Morgan fingerprint density at radius 3 is 2.88 bits per heavy atom. The van der Waals surface area contributed by atoms with Gasteiger partial charge in [-0.15, -0.1) is 0 Å². The van der Waals surface area contributed by atoms with E-state index in [-0.39, 0.29) is 18.3 Å². The summed E-state index contributed by atoms with van der Waals surface area (Å²) in [5.74, 6) is -0.0140. The molecule has 0 bridgehead atoms. The third-order valence-electron chi connectivity index (χ3n) is 4.28. The van der Waals surface area contributed by atoms with Crippen LogP contribution in [0, 0.1) is 11.7 Å². The largest absolute Gasteiger partial charge is 0.481 e. The smallest absolute Gasteiger partial charge is 0.260 e. The van der Waals surface area contributed by atoms with Crippen LogP contribution in [0.3, 0.4) is 0 Å². The minimum atomic E-state index is -0.447. The molecular weight excluding hydrogens is 307 g/mol. The quantitative estimate of drug-likeness (QED) is 0.847. The van der Waals surface area contributed by atoms with Crippen molar-refractivity contribution in [1.82, 2.24) is 9.88 Å². The first-order chi connectivity index (χ1) is 11.7. The van der Waals surface area contributed by atoms with Crippen molar-refractivity contribution in [2.45, 2.75) is 19.3 Å². The Balaban J connectivity index is 1.52. The van der Waals surface area contributed by atoms with E-state index in [2.05, 4.69) is 4.98 Å². The fourth-order valence-electron chi connectivity index (χ4n) is 3.07. The molecule has 1 aromatic carbocycles. The molecular formula is C19H21FN2O2. The Hall–Kier alpha value is -2.43. The van der Waals surface area contributed by atoms with E-state index in [1.807, 2.05) is 23.1 Å². The van der Waals surface area contributed by atoms with Crippen molar-refractivity contribution in [3.63, 3.8) is 0 Å². The van der Waals surface area contributed by atoms with Crippen LogP contribution in [0.15, 0.2) is 48.7 Å². The summed E-state index contributed by atoms with van der Waals surface area (Å²) < 4.78 is 18.9. The molecule has 5 heteroatoms. The van der Waals surface area contributed by atoms with Gasteiger partial charge >= 0.3 is 0 Å². The van der Waals surface area contributed by atoms with Gasteiger partial charge in [-0.3, -0.25) is 9.78 Å². The third kappa shape index (κ3) is 4.31. The molecule has 1 aliphatic heterocycles. The lowest BCUT2D eigenvalue weighted by Gasteiger charge is -2.32. The lowest BCUT2D eigenvalue weighted by atomic mass is 9.93. The fourth-order valence-corrected chi connectivity index (χ4v) is 3.07. The highest BCUT2D eigenvalue weighted by molar-refractivity contribution is 5.77. The molecule has 1 fully saturated rings. The van der Waals surface area contributed by atoms with E-state index in [1.54, 1.807) is 18.3 Å². The van der Waals surface area contributed by atoms with Crippen LogP contribution >= 0.6 is 0 Å². The summed E-state index contributed by atoms with van der Waals surface area (Å²) in [7, 11) is 0. The number of ether oxygens (including phenoxy) is 1. The second-order valence-corrected chi connectivity index (χ2v) is 6.09. The van der Waals surface area contributed by atoms with Crippen molar-refractivity contribution >= 4 is 5.91 Å². The second kappa shape index (κ2) is 7.90. The van der Waals surface area contributed by atoms with Crippen LogP contribution in [0.25, 0.3) is 0 Å². The number of halogens is 1. The zero-order valence-electron chi connectivity index (χ0n) is 13.5. The van der Waals surface area contributed by atoms with Gasteiger partial charge in [0, 0.05) is 25.0 Å². The number of benzene rings is 1. The number of carbonyl (C=O) groups excluding carboxylic acids is 1. The van der Waals surface area contributed by atoms with Crippen LogP contribution in [0.4, 0.5) is 4.39 Å². The molecule has 2 aromatic rings. The van der Waals surface area contributed by atoms with Crippen LogP contribution in [-0.4, -0.2) is 35.5 Å². The number of para-hydroxylation sites is 1. The normalized spacial score (nSPS) is 17.5. The summed E-state index contributed by atoms with van der Waals surface area (Å²) in [6.07, 6.45) is 4.74. The number of amides is 1. The zero-order chi connectivity index (χ0) is 16.8. The van der Waals surface area contributed by atoms with Gasteiger partial charge in [0.25, 0.3) is 5.91 Å². The third-order valence-corrected chi connectivity index (χ3v) is 4.28. The lowest BCUT2D eigenvalue weighted by molar-refractivity contribution is -0.135. The van der Waals surface area contributed by atoms with E-state index < -0.39 is 5.82 Å². The first-order valence-electron chi connectivity index (χ1n) is 8.27. The number of aromatic nitrogens is 1. The average molecular weight is 328 g/mol. The Labute approximate surface area is 141 Å². The summed E-state index contributed by atoms with van der Waals surface area (Å²) in [6.45, 7) is 1.31. The average Bonchev–Trinajstić information content (AvgIpc) is 2.62. The van der Waals surface area contributed by atoms with E-state index in [4.69, 9.17) is 4.74 Å². The number of hydrogen-bond acceptors (Lipinski definition) is 3. The number of rotatable bonds is 5. The van der Waals surface area contributed by atoms with Gasteiger partial charge in [0.15, 0.2) is 18.2 Å². The van der Waals surface area contributed by atoms with Gasteiger partial charge in [0.2, 0.25) is 0 Å². The van der Waals surface area contributed by atoms with E-state index in [0.29, 0.717) is 12.5 Å². The van der Waals surface area contributed by atoms with Gasteiger partial charge in [-0.05, 0) is 49.4 Å². The van der Waals surface area contributed by atoms with Crippen LogP contribution in [-0.2, 0) is 11.2 Å². The molecule has 2 heterocycles. The molecule has 24 heavy (non-hydrogen) atoms. The number of carbonyl (C=O) groups is 1. The molecule has 4 nitrogen and oxygen atoms in total. The van der Waals surface area contributed by atoms with E-state index in [1.165, 1.54) is 12.1 Å². The van der Waals surface area contributed by atoms with Gasteiger partial charge in [-0.25, -0.2) is 4.39 Å². The number of likely N-dealkylation sites (tertiary alicyclic amines) is 1. The van der Waals surface area contributed by atoms with Gasteiger partial charge in [-0.2, -0.15) is 0 Å². The number of pyridine rings is 1. The summed E-state index contributed by atoms with van der Waals surface area (Å²) in [5.41, 5.74) is 1.06. The lowest BCUT2D eigenvalue weighted by Crippen LogP contribution is -2.42. The van der Waals surface area contributed by atoms with Crippen LogP contribution in [0.1, 0.15) is 18.5 Å².